The molecule has 0 bridgehead atoms. The molecule has 0 fully saturated rings. The summed E-state index contributed by atoms with van der Waals surface area (Å²) < 4.78 is 19.3. The van der Waals surface area contributed by atoms with Gasteiger partial charge >= 0.3 is 12.0 Å². The number of nitrogens with one attached hydrogen (secondary N) is 2. The van der Waals surface area contributed by atoms with Crippen LogP contribution in [0.4, 0.5) is 9.18 Å². The van der Waals surface area contributed by atoms with Crippen molar-refractivity contribution in [2.45, 2.75) is 39.3 Å². The van der Waals surface area contributed by atoms with E-state index in [1.54, 1.807) is 32.9 Å². The Kier molecular flexibility index (Phi) is 5.42. The molecule has 6 nitrogen and oxygen atoms in total. The number of hydrogen-bond donors (Lipinski definition) is 2. The van der Waals surface area contributed by atoms with Gasteiger partial charge in [-0.3, -0.25) is 10.1 Å². The highest BCUT2D eigenvalue weighted by Gasteiger charge is 2.23. The molecule has 0 saturated heterocycles. The van der Waals surface area contributed by atoms with Crippen LogP contribution in [0.5, 0.6) is 0 Å². The van der Waals surface area contributed by atoms with Crippen molar-refractivity contribution in [2.24, 2.45) is 0 Å². The van der Waals surface area contributed by atoms with Gasteiger partial charge in [-0.1, -0.05) is 6.07 Å². The van der Waals surface area contributed by atoms with E-state index in [1.807, 2.05) is 0 Å². The molecule has 1 aromatic heterocycles. The number of hydrogen-bond acceptors (Lipinski definition) is 5. The molecule has 134 valence electrons. The van der Waals surface area contributed by atoms with Crippen LogP contribution in [0, 0.1) is 5.82 Å². The second-order valence-electron chi connectivity index (χ2n) is 6.50. The molecule has 0 unspecified atom stereocenters. The fraction of sp³-hybridized carbons (Fsp3) is 0.353. The number of urea groups is 1. The third kappa shape index (κ3) is 4.99. The van der Waals surface area contributed by atoms with Gasteiger partial charge in [-0.25, -0.2) is 14.0 Å². The Labute approximate surface area is 148 Å². The van der Waals surface area contributed by atoms with E-state index in [4.69, 9.17) is 4.74 Å². The molecule has 0 aliphatic rings. The number of thiophene rings is 1. The van der Waals surface area contributed by atoms with Crippen LogP contribution < -0.4 is 10.6 Å². The Morgan fingerprint density at radius 3 is 2.52 bits per heavy atom. The Bertz CT molecular complexity index is 826. The minimum atomic E-state index is -1.17. The number of imide groups is 1. The minimum absolute atomic E-state index is 0.180. The lowest BCUT2D eigenvalue weighted by atomic mass is 10.1. The zero-order chi connectivity index (χ0) is 18.8. The maximum Gasteiger partial charge on any atom is 0.349 e. The van der Waals surface area contributed by atoms with Crippen molar-refractivity contribution in [3.63, 3.8) is 0 Å². The quantitative estimate of drug-likeness (QED) is 0.817. The number of carbonyl (C=O) groups is 3. The van der Waals surface area contributed by atoms with Crippen LogP contribution >= 0.6 is 11.3 Å². The number of amides is 3. The lowest BCUT2D eigenvalue weighted by Gasteiger charge is -2.21. The lowest BCUT2D eigenvalue weighted by molar-refractivity contribution is -0.127. The van der Waals surface area contributed by atoms with Crippen LogP contribution in [0.2, 0.25) is 0 Å². The average molecular weight is 366 g/mol. The van der Waals surface area contributed by atoms with Crippen molar-refractivity contribution in [3.05, 3.63) is 35.0 Å². The van der Waals surface area contributed by atoms with Crippen LogP contribution in [0.1, 0.15) is 37.4 Å². The number of esters is 1. The van der Waals surface area contributed by atoms with E-state index in [2.05, 4.69) is 10.6 Å². The molecule has 2 aromatic rings. The third-order valence-electron chi connectivity index (χ3n) is 3.09. The Balaban J connectivity index is 2.00. The number of halogens is 1. The van der Waals surface area contributed by atoms with Crippen molar-refractivity contribution in [1.82, 2.24) is 10.6 Å². The molecule has 1 heterocycles. The van der Waals surface area contributed by atoms with Crippen LogP contribution in [0.15, 0.2) is 24.3 Å². The first kappa shape index (κ1) is 18.9. The monoisotopic (exact) mass is 366 g/mol. The van der Waals surface area contributed by atoms with Gasteiger partial charge in [0.15, 0.2) is 6.10 Å². The van der Waals surface area contributed by atoms with Crippen molar-refractivity contribution in [3.8, 4) is 0 Å². The number of fused-ring (bicyclic) bond motifs is 1. The molecule has 1 aromatic carbocycles. The largest absolute Gasteiger partial charge is 0.448 e. The molecule has 2 N–H and O–H groups in total. The van der Waals surface area contributed by atoms with Crippen molar-refractivity contribution in [2.75, 3.05) is 0 Å². The van der Waals surface area contributed by atoms with Gasteiger partial charge in [-0.2, -0.15) is 0 Å². The Morgan fingerprint density at radius 1 is 1.24 bits per heavy atom. The van der Waals surface area contributed by atoms with Crippen molar-refractivity contribution >= 4 is 39.3 Å². The molecule has 8 heteroatoms. The van der Waals surface area contributed by atoms with E-state index < -0.39 is 35.4 Å². The third-order valence-corrected chi connectivity index (χ3v) is 4.17. The lowest BCUT2D eigenvalue weighted by Crippen LogP contribution is -2.50. The average Bonchev–Trinajstić information content (AvgIpc) is 2.90. The summed E-state index contributed by atoms with van der Waals surface area (Å²) in [6, 6.07) is 5.24. The fourth-order valence-corrected chi connectivity index (χ4v) is 2.94. The van der Waals surface area contributed by atoms with Gasteiger partial charge in [-0.05, 0) is 45.9 Å². The molecular formula is C17H19FN2O4S. The maximum absolute atomic E-state index is 13.7. The molecule has 25 heavy (non-hydrogen) atoms. The van der Waals surface area contributed by atoms with Crippen LogP contribution in [-0.4, -0.2) is 29.6 Å². The zero-order valence-electron chi connectivity index (χ0n) is 14.3. The summed E-state index contributed by atoms with van der Waals surface area (Å²) in [5, 5.41) is 4.99. The van der Waals surface area contributed by atoms with Gasteiger partial charge in [0.25, 0.3) is 5.91 Å². The second-order valence-corrected chi connectivity index (χ2v) is 7.59. The first-order valence-electron chi connectivity index (χ1n) is 7.59. The van der Waals surface area contributed by atoms with E-state index in [-0.39, 0.29) is 4.88 Å². The molecule has 0 spiro atoms. The summed E-state index contributed by atoms with van der Waals surface area (Å²) in [5.74, 6) is -1.93. The highest BCUT2D eigenvalue weighted by molar-refractivity contribution is 7.20. The van der Waals surface area contributed by atoms with Gasteiger partial charge in [0, 0.05) is 15.6 Å². The molecule has 3 amide bonds. The molecule has 0 aliphatic heterocycles. The molecule has 1 atom stereocenters. The number of ether oxygens (including phenoxy) is 1. The van der Waals surface area contributed by atoms with E-state index in [0.717, 1.165) is 11.3 Å². The predicted molar refractivity (Wildman–Crippen MR) is 93.1 cm³/mol. The predicted octanol–water partition coefficient (Wildman–Crippen LogP) is 3.21. The van der Waals surface area contributed by atoms with Gasteiger partial charge in [-0.15, -0.1) is 11.3 Å². The van der Waals surface area contributed by atoms with Crippen LogP contribution in [0.3, 0.4) is 0 Å². The summed E-state index contributed by atoms with van der Waals surface area (Å²) >= 11 is 1.07. The zero-order valence-corrected chi connectivity index (χ0v) is 15.1. The fourth-order valence-electron chi connectivity index (χ4n) is 1.98. The molecule has 0 aliphatic carbocycles. The SMILES string of the molecule is C[C@H](OC(=O)c1cc2c(F)cccc2s1)C(=O)NC(=O)NC(C)(C)C. The topological polar surface area (TPSA) is 84.5 Å². The number of benzene rings is 1. The van der Waals surface area contributed by atoms with Gasteiger partial charge in [0.05, 0.1) is 0 Å². The normalized spacial score (nSPS) is 12.5. The second kappa shape index (κ2) is 7.18. The Hall–Kier alpha value is -2.48. The van der Waals surface area contributed by atoms with E-state index in [1.165, 1.54) is 19.1 Å². The number of rotatable bonds is 3. The van der Waals surface area contributed by atoms with Crippen molar-refractivity contribution in [1.29, 1.82) is 0 Å². The van der Waals surface area contributed by atoms with Gasteiger partial charge < -0.3 is 10.1 Å². The summed E-state index contributed by atoms with van der Waals surface area (Å²) in [6.07, 6.45) is -1.17. The first-order valence-corrected chi connectivity index (χ1v) is 8.40. The summed E-state index contributed by atoms with van der Waals surface area (Å²) in [4.78, 5) is 35.9. The molecule has 2 rings (SSSR count). The highest BCUT2D eigenvalue weighted by Crippen LogP contribution is 2.28. The van der Waals surface area contributed by atoms with Crippen molar-refractivity contribution < 1.29 is 23.5 Å². The van der Waals surface area contributed by atoms with E-state index in [9.17, 15) is 18.8 Å². The molecule has 0 saturated carbocycles. The summed E-state index contributed by atoms with van der Waals surface area (Å²) in [6.45, 7) is 6.65. The number of carbonyl (C=O) groups excluding carboxylic acids is 3. The van der Waals surface area contributed by atoms with Crippen LogP contribution in [0.25, 0.3) is 10.1 Å². The molecular weight excluding hydrogens is 347 g/mol. The van der Waals surface area contributed by atoms with Crippen LogP contribution in [-0.2, 0) is 9.53 Å². The Morgan fingerprint density at radius 2 is 1.92 bits per heavy atom. The molecule has 0 radical (unpaired) electrons. The maximum atomic E-state index is 13.7. The summed E-state index contributed by atoms with van der Waals surface area (Å²) in [5.41, 5.74) is -0.509. The summed E-state index contributed by atoms with van der Waals surface area (Å²) in [7, 11) is 0. The minimum Gasteiger partial charge on any atom is -0.448 e. The standard InChI is InChI=1S/C17H19FN2O4S/c1-9(14(21)19-16(23)20-17(2,3)4)24-15(22)13-8-10-11(18)6-5-7-12(10)25-13/h5-9H,1-4H3,(H2,19,20,21,23)/t9-/m0/s1. The van der Waals surface area contributed by atoms with E-state index in [0.29, 0.717) is 10.1 Å². The smallest absolute Gasteiger partial charge is 0.349 e. The highest BCUT2D eigenvalue weighted by atomic mass is 32.1. The van der Waals surface area contributed by atoms with E-state index >= 15 is 0 Å². The first-order chi connectivity index (χ1) is 11.6. The van der Waals surface area contributed by atoms with Gasteiger partial charge in [0.2, 0.25) is 0 Å². The van der Waals surface area contributed by atoms with Gasteiger partial charge in [0.1, 0.15) is 10.7 Å².